The van der Waals surface area contributed by atoms with E-state index in [-0.39, 0.29) is 12.6 Å². The second-order valence-corrected chi connectivity index (χ2v) is 4.20. The molecule has 1 heterocycles. The highest BCUT2D eigenvalue weighted by molar-refractivity contribution is 5.81. The molecular formula is C13H16N4O2. The van der Waals surface area contributed by atoms with E-state index in [1.807, 2.05) is 13.0 Å². The molecule has 1 unspecified atom stereocenters. The van der Waals surface area contributed by atoms with E-state index >= 15 is 0 Å². The molecule has 6 heteroatoms. The predicted molar refractivity (Wildman–Crippen MR) is 71.1 cm³/mol. The van der Waals surface area contributed by atoms with Crippen LogP contribution in [-0.4, -0.2) is 23.8 Å². The average Bonchev–Trinajstić information content (AvgIpc) is 2.76. The SMILES string of the molecule is COc1cc2nc(C(C)N)n(CC#N)c2cc1OC. The van der Waals surface area contributed by atoms with Crippen LogP contribution in [0.1, 0.15) is 18.8 Å². The Hall–Kier alpha value is -2.26. The van der Waals surface area contributed by atoms with Gasteiger partial charge in [0.2, 0.25) is 0 Å². The van der Waals surface area contributed by atoms with E-state index in [0.717, 1.165) is 11.0 Å². The Morgan fingerprint density at radius 1 is 1.37 bits per heavy atom. The van der Waals surface area contributed by atoms with Crippen LogP contribution in [-0.2, 0) is 6.54 Å². The van der Waals surface area contributed by atoms with Crippen LogP contribution in [0.15, 0.2) is 12.1 Å². The standard InChI is InChI=1S/C13H16N4O2/c1-8(15)13-16-9-6-11(18-2)12(19-3)7-10(9)17(13)5-4-14/h6-8H,5,15H2,1-3H3. The van der Waals surface area contributed by atoms with Crippen molar-refractivity contribution in [2.75, 3.05) is 14.2 Å². The first-order valence-electron chi connectivity index (χ1n) is 5.87. The minimum atomic E-state index is -0.252. The van der Waals surface area contributed by atoms with Crippen molar-refractivity contribution in [3.8, 4) is 17.6 Å². The predicted octanol–water partition coefficient (Wildman–Crippen LogP) is 1.60. The van der Waals surface area contributed by atoms with E-state index in [9.17, 15) is 0 Å². The number of nitrogens with zero attached hydrogens (tertiary/aromatic N) is 3. The highest BCUT2D eigenvalue weighted by atomic mass is 16.5. The van der Waals surface area contributed by atoms with Crippen LogP contribution in [0, 0.1) is 11.3 Å². The third kappa shape index (κ3) is 2.20. The van der Waals surface area contributed by atoms with Gasteiger partial charge in [0.1, 0.15) is 12.4 Å². The number of hydrogen-bond acceptors (Lipinski definition) is 5. The Labute approximate surface area is 111 Å². The van der Waals surface area contributed by atoms with Gasteiger partial charge in [-0.1, -0.05) is 0 Å². The van der Waals surface area contributed by atoms with Crippen molar-refractivity contribution in [2.45, 2.75) is 19.5 Å². The summed E-state index contributed by atoms with van der Waals surface area (Å²) in [7, 11) is 3.14. The van der Waals surface area contributed by atoms with Crippen LogP contribution in [0.3, 0.4) is 0 Å². The Morgan fingerprint density at radius 2 is 2.00 bits per heavy atom. The van der Waals surface area contributed by atoms with Crippen LogP contribution in [0.4, 0.5) is 0 Å². The molecule has 1 aromatic heterocycles. The van der Waals surface area contributed by atoms with Gasteiger partial charge in [-0.05, 0) is 6.92 Å². The summed E-state index contributed by atoms with van der Waals surface area (Å²) in [5, 5.41) is 8.94. The number of hydrogen-bond donors (Lipinski definition) is 1. The van der Waals surface area contributed by atoms with Crippen molar-refractivity contribution in [3.05, 3.63) is 18.0 Å². The molecule has 2 aromatic rings. The van der Waals surface area contributed by atoms with Gasteiger partial charge in [-0.15, -0.1) is 0 Å². The number of aromatic nitrogens is 2. The first-order chi connectivity index (χ1) is 9.12. The minimum absolute atomic E-state index is 0.197. The summed E-state index contributed by atoms with van der Waals surface area (Å²) in [6.07, 6.45) is 0. The van der Waals surface area contributed by atoms with Crippen molar-refractivity contribution in [1.82, 2.24) is 9.55 Å². The highest BCUT2D eigenvalue weighted by Crippen LogP contribution is 2.33. The van der Waals surface area contributed by atoms with Gasteiger partial charge in [0.05, 0.1) is 37.4 Å². The summed E-state index contributed by atoms with van der Waals surface area (Å²) in [4.78, 5) is 4.47. The lowest BCUT2D eigenvalue weighted by Crippen LogP contribution is -2.13. The van der Waals surface area contributed by atoms with Gasteiger partial charge in [0.25, 0.3) is 0 Å². The largest absolute Gasteiger partial charge is 0.493 e. The van der Waals surface area contributed by atoms with E-state index in [4.69, 9.17) is 20.5 Å². The monoisotopic (exact) mass is 260 g/mol. The smallest absolute Gasteiger partial charge is 0.163 e. The van der Waals surface area contributed by atoms with Crippen LogP contribution in [0.2, 0.25) is 0 Å². The normalized spacial score (nSPS) is 12.2. The minimum Gasteiger partial charge on any atom is -0.493 e. The number of benzene rings is 1. The van der Waals surface area contributed by atoms with Crippen LogP contribution >= 0.6 is 0 Å². The molecule has 100 valence electrons. The molecule has 19 heavy (non-hydrogen) atoms. The molecule has 0 aliphatic rings. The van der Waals surface area contributed by atoms with Crippen molar-refractivity contribution in [2.24, 2.45) is 5.73 Å². The third-order valence-electron chi connectivity index (χ3n) is 2.92. The zero-order valence-electron chi connectivity index (χ0n) is 11.2. The molecule has 0 spiro atoms. The van der Waals surface area contributed by atoms with Crippen molar-refractivity contribution in [1.29, 1.82) is 5.26 Å². The third-order valence-corrected chi connectivity index (χ3v) is 2.92. The zero-order chi connectivity index (χ0) is 14.0. The first-order valence-corrected chi connectivity index (χ1v) is 5.87. The molecular weight excluding hydrogens is 244 g/mol. The molecule has 2 N–H and O–H groups in total. The number of rotatable bonds is 4. The van der Waals surface area contributed by atoms with Crippen LogP contribution in [0.25, 0.3) is 11.0 Å². The zero-order valence-corrected chi connectivity index (χ0v) is 11.2. The number of ether oxygens (including phenoxy) is 2. The maximum atomic E-state index is 8.94. The number of nitriles is 1. The van der Waals surface area contributed by atoms with Gasteiger partial charge in [0, 0.05) is 12.1 Å². The Morgan fingerprint density at radius 3 is 2.53 bits per heavy atom. The fraction of sp³-hybridized carbons (Fsp3) is 0.385. The highest BCUT2D eigenvalue weighted by Gasteiger charge is 2.16. The van der Waals surface area contributed by atoms with Gasteiger partial charge >= 0.3 is 0 Å². The van der Waals surface area contributed by atoms with E-state index in [1.54, 1.807) is 24.9 Å². The lowest BCUT2D eigenvalue weighted by molar-refractivity contribution is 0.355. The van der Waals surface area contributed by atoms with E-state index in [0.29, 0.717) is 17.3 Å². The fourth-order valence-electron chi connectivity index (χ4n) is 2.05. The lowest BCUT2D eigenvalue weighted by atomic mass is 10.2. The Bertz CT molecular complexity index is 640. The molecule has 0 saturated carbocycles. The van der Waals surface area contributed by atoms with Gasteiger partial charge < -0.3 is 19.8 Å². The molecule has 0 aliphatic heterocycles. The summed E-state index contributed by atoms with van der Waals surface area (Å²) in [5.41, 5.74) is 7.44. The van der Waals surface area contributed by atoms with Gasteiger partial charge in [-0.2, -0.15) is 5.26 Å². The van der Waals surface area contributed by atoms with Gasteiger partial charge in [-0.3, -0.25) is 0 Å². The second kappa shape index (κ2) is 5.16. The average molecular weight is 260 g/mol. The van der Waals surface area contributed by atoms with Gasteiger partial charge in [-0.25, -0.2) is 4.98 Å². The second-order valence-electron chi connectivity index (χ2n) is 4.20. The van der Waals surface area contributed by atoms with Crippen molar-refractivity contribution in [3.63, 3.8) is 0 Å². The summed E-state index contributed by atoms with van der Waals surface area (Å²) in [6, 6.07) is 5.46. The molecule has 0 radical (unpaired) electrons. The number of methoxy groups -OCH3 is 2. The van der Waals surface area contributed by atoms with E-state index in [1.165, 1.54) is 0 Å². The molecule has 2 rings (SSSR count). The van der Waals surface area contributed by atoms with E-state index < -0.39 is 0 Å². The van der Waals surface area contributed by atoms with Crippen LogP contribution in [0.5, 0.6) is 11.5 Å². The molecule has 1 aromatic carbocycles. The summed E-state index contributed by atoms with van der Waals surface area (Å²) in [6.45, 7) is 2.03. The number of imidazole rings is 1. The maximum absolute atomic E-state index is 8.94. The Balaban J connectivity index is 2.73. The molecule has 0 fully saturated rings. The molecule has 0 bridgehead atoms. The summed E-state index contributed by atoms with van der Waals surface area (Å²) in [5.74, 6) is 1.88. The van der Waals surface area contributed by atoms with Crippen LogP contribution < -0.4 is 15.2 Å². The molecule has 1 atom stereocenters. The van der Waals surface area contributed by atoms with E-state index in [2.05, 4.69) is 11.1 Å². The summed E-state index contributed by atoms with van der Waals surface area (Å²) >= 11 is 0. The molecule has 0 aliphatic carbocycles. The quantitative estimate of drug-likeness (QED) is 0.902. The van der Waals surface area contributed by atoms with Crippen molar-refractivity contribution >= 4 is 11.0 Å². The summed E-state index contributed by atoms with van der Waals surface area (Å²) < 4.78 is 12.3. The lowest BCUT2D eigenvalue weighted by Gasteiger charge is -2.09. The number of fused-ring (bicyclic) bond motifs is 1. The van der Waals surface area contributed by atoms with Gasteiger partial charge in [0.15, 0.2) is 11.5 Å². The molecule has 0 amide bonds. The number of nitrogens with two attached hydrogens (primary N) is 1. The Kier molecular flexibility index (Phi) is 3.58. The maximum Gasteiger partial charge on any atom is 0.163 e. The first kappa shape index (κ1) is 13.2. The topological polar surface area (TPSA) is 86.1 Å². The molecule has 0 saturated heterocycles. The fourth-order valence-corrected chi connectivity index (χ4v) is 2.05. The molecule has 6 nitrogen and oxygen atoms in total. The van der Waals surface area contributed by atoms with Crippen molar-refractivity contribution < 1.29 is 9.47 Å².